The highest BCUT2D eigenvalue weighted by atomic mass is 16.5. The number of aromatic nitrogens is 3. The van der Waals surface area contributed by atoms with Gasteiger partial charge in [-0.3, -0.25) is 0 Å². The summed E-state index contributed by atoms with van der Waals surface area (Å²) < 4.78 is 5.37. The molecule has 0 bridgehead atoms. The van der Waals surface area contributed by atoms with Gasteiger partial charge >= 0.3 is 6.01 Å². The molecule has 1 atom stereocenters. The van der Waals surface area contributed by atoms with Crippen LogP contribution in [0.5, 0.6) is 6.01 Å². The Kier molecular flexibility index (Phi) is 4.73. The van der Waals surface area contributed by atoms with Gasteiger partial charge in [-0.2, -0.15) is 15.0 Å². The third-order valence-electron chi connectivity index (χ3n) is 2.95. The van der Waals surface area contributed by atoms with Crippen LogP contribution in [0.25, 0.3) is 0 Å². The summed E-state index contributed by atoms with van der Waals surface area (Å²) in [6.45, 7) is 7.33. The summed E-state index contributed by atoms with van der Waals surface area (Å²) in [5.74, 6) is 1.13. The van der Waals surface area contributed by atoms with E-state index in [2.05, 4.69) is 37.5 Å². The summed E-state index contributed by atoms with van der Waals surface area (Å²) >= 11 is 0. The largest absolute Gasteiger partial charge is 0.464 e. The van der Waals surface area contributed by atoms with Crippen LogP contribution in [0.4, 0.5) is 11.9 Å². The van der Waals surface area contributed by atoms with Crippen LogP contribution in [0, 0.1) is 0 Å². The molecule has 0 aliphatic carbocycles. The van der Waals surface area contributed by atoms with E-state index in [0.717, 1.165) is 26.1 Å². The van der Waals surface area contributed by atoms with E-state index < -0.39 is 0 Å². The Morgan fingerprint density at radius 3 is 2.68 bits per heavy atom. The molecule has 2 rings (SSSR count). The van der Waals surface area contributed by atoms with Crippen LogP contribution in [0.15, 0.2) is 0 Å². The molecular weight excluding hydrogens is 244 g/mol. The molecule has 0 aromatic carbocycles. The summed E-state index contributed by atoms with van der Waals surface area (Å²) in [6, 6.07) is 0.749. The van der Waals surface area contributed by atoms with Gasteiger partial charge in [0.05, 0.1) is 6.61 Å². The molecule has 1 aromatic rings. The van der Waals surface area contributed by atoms with Crippen LogP contribution in [0.1, 0.15) is 20.3 Å². The number of rotatable bonds is 6. The topological polar surface area (TPSA) is 75.2 Å². The number of nitrogens with zero attached hydrogens (tertiary/aromatic N) is 4. The normalized spacial score (nSPS) is 19.4. The number of ether oxygens (including phenoxy) is 1. The average Bonchev–Trinajstić information content (AvgIpc) is 2.75. The van der Waals surface area contributed by atoms with Crippen molar-refractivity contribution >= 4 is 11.9 Å². The molecule has 1 aliphatic rings. The minimum Gasteiger partial charge on any atom is -0.464 e. The minimum atomic E-state index is 0.363. The summed E-state index contributed by atoms with van der Waals surface area (Å²) in [7, 11) is 2.12. The Labute approximate surface area is 113 Å². The van der Waals surface area contributed by atoms with Gasteiger partial charge in [0.1, 0.15) is 0 Å². The van der Waals surface area contributed by atoms with Gasteiger partial charge in [-0.25, -0.2) is 0 Å². The monoisotopic (exact) mass is 266 g/mol. The van der Waals surface area contributed by atoms with Crippen molar-refractivity contribution in [1.82, 2.24) is 19.9 Å². The number of likely N-dealkylation sites (tertiary alicyclic amines) is 1. The minimum absolute atomic E-state index is 0.363. The lowest BCUT2D eigenvalue weighted by atomic mass is 10.3. The Bertz CT molecular complexity index is 389. The van der Waals surface area contributed by atoms with Gasteiger partial charge in [-0.1, -0.05) is 0 Å². The van der Waals surface area contributed by atoms with E-state index in [4.69, 9.17) is 4.74 Å². The maximum Gasteiger partial charge on any atom is 0.323 e. The van der Waals surface area contributed by atoms with Gasteiger partial charge in [0, 0.05) is 19.1 Å². The van der Waals surface area contributed by atoms with Gasteiger partial charge in [-0.05, 0) is 33.9 Å². The van der Waals surface area contributed by atoms with Gasteiger partial charge in [0.25, 0.3) is 0 Å². The molecule has 0 amide bonds. The fourth-order valence-electron chi connectivity index (χ4n) is 2.09. The molecule has 1 saturated heterocycles. The predicted molar refractivity (Wildman–Crippen MR) is 74.7 cm³/mol. The molecule has 106 valence electrons. The fraction of sp³-hybridized carbons (Fsp3) is 0.750. The third-order valence-corrected chi connectivity index (χ3v) is 2.95. The average molecular weight is 266 g/mol. The second-order valence-corrected chi connectivity index (χ2v) is 4.62. The van der Waals surface area contributed by atoms with Crippen LogP contribution in [0.2, 0.25) is 0 Å². The predicted octanol–water partition coefficient (Wildman–Crippen LogP) is 0.818. The van der Waals surface area contributed by atoms with Crippen molar-refractivity contribution in [3.8, 4) is 6.01 Å². The molecule has 1 unspecified atom stereocenters. The molecule has 0 saturated carbocycles. The van der Waals surface area contributed by atoms with Crippen LogP contribution < -0.4 is 15.4 Å². The van der Waals surface area contributed by atoms with Gasteiger partial charge in [-0.15, -0.1) is 0 Å². The number of hydrogen-bond donors (Lipinski definition) is 2. The van der Waals surface area contributed by atoms with E-state index >= 15 is 0 Å². The second kappa shape index (κ2) is 6.51. The van der Waals surface area contributed by atoms with Crippen molar-refractivity contribution < 1.29 is 4.74 Å². The van der Waals surface area contributed by atoms with Crippen molar-refractivity contribution in [3.05, 3.63) is 0 Å². The fourth-order valence-corrected chi connectivity index (χ4v) is 2.09. The second-order valence-electron chi connectivity index (χ2n) is 4.62. The number of likely N-dealkylation sites (N-methyl/N-ethyl adjacent to an activating group) is 1. The lowest BCUT2D eigenvalue weighted by Crippen LogP contribution is -2.25. The Morgan fingerprint density at radius 2 is 2.05 bits per heavy atom. The Balaban J connectivity index is 2.09. The molecule has 1 aromatic heterocycles. The van der Waals surface area contributed by atoms with E-state index in [1.165, 1.54) is 0 Å². The highest BCUT2D eigenvalue weighted by molar-refractivity contribution is 5.36. The zero-order chi connectivity index (χ0) is 13.7. The SMILES string of the molecule is CCNc1nc(NC2CCN(C)C2)nc(OCC)n1. The number of anilines is 2. The van der Waals surface area contributed by atoms with E-state index in [1.54, 1.807) is 0 Å². The van der Waals surface area contributed by atoms with E-state index in [1.807, 2.05) is 13.8 Å². The van der Waals surface area contributed by atoms with Crippen molar-refractivity contribution in [2.75, 3.05) is 43.9 Å². The first-order valence-electron chi connectivity index (χ1n) is 6.79. The lowest BCUT2D eigenvalue weighted by molar-refractivity contribution is 0.312. The third kappa shape index (κ3) is 3.92. The zero-order valence-electron chi connectivity index (χ0n) is 11.8. The van der Waals surface area contributed by atoms with E-state index in [-0.39, 0.29) is 0 Å². The molecular formula is C12H22N6O. The molecule has 0 spiro atoms. The van der Waals surface area contributed by atoms with Crippen LogP contribution in [-0.2, 0) is 0 Å². The molecule has 19 heavy (non-hydrogen) atoms. The van der Waals surface area contributed by atoms with Crippen molar-refractivity contribution in [2.24, 2.45) is 0 Å². The first-order valence-corrected chi connectivity index (χ1v) is 6.79. The molecule has 1 aliphatic heterocycles. The van der Waals surface area contributed by atoms with Crippen molar-refractivity contribution in [3.63, 3.8) is 0 Å². The number of nitrogens with one attached hydrogen (secondary N) is 2. The molecule has 0 radical (unpaired) electrons. The first-order chi connectivity index (χ1) is 9.21. The molecule has 2 heterocycles. The summed E-state index contributed by atoms with van der Waals surface area (Å²) in [4.78, 5) is 15.1. The van der Waals surface area contributed by atoms with Crippen molar-refractivity contribution in [2.45, 2.75) is 26.3 Å². The van der Waals surface area contributed by atoms with Gasteiger partial charge in [0.15, 0.2) is 0 Å². The van der Waals surface area contributed by atoms with E-state index in [0.29, 0.717) is 30.6 Å². The maximum absolute atomic E-state index is 5.37. The quantitative estimate of drug-likeness (QED) is 0.789. The summed E-state index contributed by atoms with van der Waals surface area (Å²) in [5.41, 5.74) is 0. The lowest BCUT2D eigenvalue weighted by Gasteiger charge is -2.14. The molecule has 2 N–H and O–H groups in total. The number of hydrogen-bond acceptors (Lipinski definition) is 7. The van der Waals surface area contributed by atoms with E-state index in [9.17, 15) is 0 Å². The van der Waals surface area contributed by atoms with Gasteiger partial charge < -0.3 is 20.3 Å². The molecule has 7 nitrogen and oxygen atoms in total. The van der Waals surface area contributed by atoms with Crippen LogP contribution >= 0.6 is 0 Å². The van der Waals surface area contributed by atoms with Crippen LogP contribution in [0.3, 0.4) is 0 Å². The van der Waals surface area contributed by atoms with Gasteiger partial charge in [0.2, 0.25) is 11.9 Å². The zero-order valence-corrected chi connectivity index (χ0v) is 11.8. The summed E-state index contributed by atoms with van der Waals surface area (Å²) in [5, 5.41) is 6.43. The Morgan fingerprint density at radius 1 is 1.26 bits per heavy atom. The Hall–Kier alpha value is -1.63. The smallest absolute Gasteiger partial charge is 0.323 e. The summed E-state index contributed by atoms with van der Waals surface area (Å²) in [6.07, 6.45) is 1.10. The standard InChI is InChI=1S/C12H22N6O/c1-4-13-10-15-11(17-12(16-10)19-5-2)14-9-6-7-18(3)8-9/h9H,4-8H2,1-3H3,(H2,13,14,15,16,17). The molecule has 1 fully saturated rings. The highest BCUT2D eigenvalue weighted by Gasteiger charge is 2.20. The maximum atomic E-state index is 5.37. The van der Waals surface area contributed by atoms with Crippen molar-refractivity contribution in [1.29, 1.82) is 0 Å². The molecule has 7 heteroatoms. The highest BCUT2D eigenvalue weighted by Crippen LogP contribution is 2.15. The van der Waals surface area contributed by atoms with Crippen LogP contribution in [-0.4, -0.2) is 59.2 Å². The first kappa shape index (κ1) is 13.8.